The lowest BCUT2D eigenvalue weighted by Gasteiger charge is -2.33. The maximum absolute atomic E-state index is 11.3. The highest BCUT2D eigenvalue weighted by Crippen LogP contribution is 2.26. The summed E-state index contributed by atoms with van der Waals surface area (Å²) in [7, 11) is 0. The fraction of sp³-hybridized carbons (Fsp3) is 0.429. The van der Waals surface area contributed by atoms with Crippen LogP contribution in [0.5, 0.6) is 0 Å². The first-order chi connectivity index (χ1) is 8.61. The normalized spacial score (nSPS) is 19.3. The number of hydrogen-bond acceptors (Lipinski definition) is 3. The van der Waals surface area contributed by atoms with E-state index in [1.54, 1.807) is 0 Å². The van der Waals surface area contributed by atoms with Crippen molar-refractivity contribution in [3.05, 3.63) is 29.3 Å². The number of primary amides is 1. The van der Waals surface area contributed by atoms with E-state index in [4.69, 9.17) is 5.73 Å². The van der Waals surface area contributed by atoms with Crippen LogP contribution in [-0.4, -0.2) is 19.0 Å². The molecular formula is C14H17N3O. The van der Waals surface area contributed by atoms with Gasteiger partial charge in [-0.2, -0.15) is 5.26 Å². The molecule has 1 aromatic carbocycles. The summed E-state index contributed by atoms with van der Waals surface area (Å²) in [6.45, 7) is 3.46. The van der Waals surface area contributed by atoms with E-state index >= 15 is 0 Å². The largest absolute Gasteiger partial charge is 0.370 e. The van der Waals surface area contributed by atoms with Crippen LogP contribution in [0.1, 0.15) is 24.0 Å². The van der Waals surface area contributed by atoms with Crippen LogP contribution in [-0.2, 0) is 4.79 Å². The highest BCUT2D eigenvalue weighted by atomic mass is 16.1. The maximum Gasteiger partial charge on any atom is 0.222 e. The lowest BCUT2D eigenvalue weighted by molar-refractivity contribution is -0.122. The Morgan fingerprint density at radius 2 is 2.33 bits per heavy atom. The molecule has 1 aromatic rings. The van der Waals surface area contributed by atoms with Crippen LogP contribution in [0.25, 0.3) is 0 Å². The monoisotopic (exact) mass is 243 g/mol. The zero-order valence-electron chi connectivity index (χ0n) is 10.5. The minimum absolute atomic E-state index is 0.105. The predicted molar refractivity (Wildman–Crippen MR) is 70.0 cm³/mol. The third-order valence-corrected chi connectivity index (χ3v) is 3.44. The fourth-order valence-electron chi connectivity index (χ4n) is 2.44. The molecule has 1 atom stereocenters. The molecule has 0 bridgehead atoms. The number of nitriles is 1. The van der Waals surface area contributed by atoms with Crippen molar-refractivity contribution in [1.82, 2.24) is 0 Å². The number of amides is 1. The van der Waals surface area contributed by atoms with Gasteiger partial charge in [-0.15, -0.1) is 0 Å². The van der Waals surface area contributed by atoms with E-state index in [0.29, 0.717) is 12.1 Å². The molecule has 1 fully saturated rings. The first-order valence-electron chi connectivity index (χ1n) is 6.17. The van der Waals surface area contributed by atoms with Crippen molar-refractivity contribution < 1.29 is 4.79 Å². The summed E-state index contributed by atoms with van der Waals surface area (Å²) in [5.41, 5.74) is 8.02. The molecule has 0 saturated carbocycles. The molecule has 18 heavy (non-hydrogen) atoms. The standard InChI is InChI=1S/C14H17N3O/c1-10-4-5-13(12(7-10)8-15)17-6-2-3-11(9-17)14(16)18/h4-5,7,11H,2-3,6,9H2,1H3,(H2,16,18). The van der Waals surface area contributed by atoms with Crippen LogP contribution < -0.4 is 10.6 Å². The number of aryl methyl sites for hydroxylation is 1. The molecular weight excluding hydrogens is 226 g/mol. The quantitative estimate of drug-likeness (QED) is 0.857. The molecule has 1 amide bonds. The van der Waals surface area contributed by atoms with E-state index in [9.17, 15) is 10.1 Å². The number of rotatable bonds is 2. The molecule has 94 valence electrons. The van der Waals surface area contributed by atoms with Gasteiger partial charge in [0.1, 0.15) is 6.07 Å². The number of piperidine rings is 1. The molecule has 4 heteroatoms. The van der Waals surface area contributed by atoms with Gasteiger partial charge in [0.05, 0.1) is 17.2 Å². The first-order valence-corrected chi connectivity index (χ1v) is 6.17. The summed E-state index contributed by atoms with van der Waals surface area (Å²) < 4.78 is 0. The number of carbonyl (C=O) groups excluding carboxylic acids is 1. The second kappa shape index (κ2) is 5.09. The molecule has 2 rings (SSSR count). The van der Waals surface area contributed by atoms with Crippen molar-refractivity contribution in [2.24, 2.45) is 11.7 Å². The topological polar surface area (TPSA) is 70.1 Å². The smallest absolute Gasteiger partial charge is 0.222 e. The predicted octanol–water partition coefficient (Wildman–Crippen LogP) is 1.57. The Labute approximate surface area is 107 Å². The number of carbonyl (C=O) groups is 1. The second-order valence-electron chi connectivity index (χ2n) is 4.82. The van der Waals surface area contributed by atoms with Crippen molar-refractivity contribution in [2.75, 3.05) is 18.0 Å². The Morgan fingerprint density at radius 1 is 1.56 bits per heavy atom. The zero-order chi connectivity index (χ0) is 13.1. The fourth-order valence-corrected chi connectivity index (χ4v) is 2.44. The van der Waals surface area contributed by atoms with E-state index < -0.39 is 0 Å². The summed E-state index contributed by atoms with van der Waals surface area (Å²) in [5, 5.41) is 9.18. The summed E-state index contributed by atoms with van der Waals surface area (Å²) in [4.78, 5) is 13.4. The Kier molecular flexibility index (Phi) is 3.52. The highest BCUT2D eigenvalue weighted by Gasteiger charge is 2.25. The van der Waals surface area contributed by atoms with Crippen molar-refractivity contribution in [2.45, 2.75) is 19.8 Å². The van der Waals surface area contributed by atoms with Crippen molar-refractivity contribution in [3.63, 3.8) is 0 Å². The Bertz CT molecular complexity index is 504. The van der Waals surface area contributed by atoms with Gasteiger partial charge in [0.25, 0.3) is 0 Å². The molecule has 0 spiro atoms. The zero-order valence-corrected chi connectivity index (χ0v) is 10.5. The SMILES string of the molecule is Cc1ccc(N2CCCC(C(N)=O)C2)c(C#N)c1. The second-order valence-corrected chi connectivity index (χ2v) is 4.82. The Morgan fingerprint density at radius 3 is 3.00 bits per heavy atom. The molecule has 0 radical (unpaired) electrons. The third-order valence-electron chi connectivity index (χ3n) is 3.44. The van der Waals surface area contributed by atoms with Gasteiger partial charge < -0.3 is 10.6 Å². The summed E-state index contributed by atoms with van der Waals surface area (Å²) in [5.74, 6) is -0.350. The lowest BCUT2D eigenvalue weighted by atomic mass is 9.96. The molecule has 1 aliphatic heterocycles. The van der Waals surface area contributed by atoms with Crippen molar-refractivity contribution in [1.29, 1.82) is 5.26 Å². The first kappa shape index (κ1) is 12.4. The van der Waals surface area contributed by atoms with Gasteiger partial charge in [-0.05, 0) is 37.5 Å². The van der Waals surface area contributed by atoms with Gasteiger partial charge in [0.2, 0.25) is 5.91 Å². The van der Waals surface area contributed by atoms with Gasteiger partial charge in [0.15, 0.2) is 0 Å². The van der Waals surface area contributed by atoms with E-state index in [-0.39, 0.29) is 11.8 Å². The highest BCUT2D eigenvalue weighted by molar-refractivity contribution is 5.78. The number of nitrogens with two attached hydrogens (primary N) is 1. The molecule has 1 heterocycles. The molecule has 2 N–H and O–H groups in total. The lowest BCUT2D eigenvalue weighted by Crippen LogP contribution is -2.41. The van der Waals surface area contributed by atoms with Gasteiger partial charge >= 0.3 is 0 Å². The number of nitrogens with zero attached hydrogens (tertiary/aromatic N) is 2. The van der Waals surface area contributed by atoms with E-state index in [2.05, 4.69) is 11.0 Å². The molecule has 1 saturated heterocycles. The molecule has 0 aliphatic carbocycles. The van der Waals surface area contributed by atoms with Crippen LogP contribution in [0.4, 0.5) is 5.69 Å². The van der Waals surface area contributed by atoms with E-state index in [1.165, 1.54) is 0 Å². The molecule has 4 nitrogen and oxygen atoms in total. The summed E-state index contributed by atoms with van der Waals surface area (Å²) >= 11 is 0. The summed E-state index contributed by atoms with van der Waals surface area (Å²) in [6.07, 6.45) is 1.78. The minimum Gasteiger partial charge on any atom is -0.370 e. The summed E-state index contributed by atoms with van der Waals surface area (Å²) in [6, 6.07) is 8.04. The maximum atomic E-state index is 11.3. The van der Waals surface area contributed by atoms with Crippen LogP contribution in [0.2, 0.25) is 0 Å². The number of anilines is 1. The molecule has 1 aliphatic rings. The average Bonchev–Trinajstić information content (AvgIpc) is 2.38. The van der Waals surface area contributed by atoms with Crippen molar-refractivity contribution in [3.8, 4) is 6.07 Å². The van der Waals surface area contributed by atoms with E-state index in [0.717, 1.165) is 30.6 Å². The van der Waals surface area contributed by atoms with Gasteiger partial charge in [-0.1, -0.05) is 6.07 Å². The Balaban J connectivity index is 2.26. The van der Waals surface area contributed by atoms with Crippen molar-refractivity contribution >= 4 is 11.6 Å². The average molecular weight is 243 g/mol. The van der Waals surface area contributed by atoms with Crippen LogP contribution in [0.3, 0.4) is 0 Å². The third kappa shape index (κ3) is 2.45. The van der Waals surface area contributed by atoms with Crippen LogP contribution in [0, 0.1) is 24.2 Å². The number of hydrogen-bond donors (Lipinski definition) is 1. The number of benzene rings is 1. The molecule has 0 aromatic heterocycles. The Hall–Kier alpha value is -2.02. The van der Waals surface area contributed by atoms with E-state index in [1.807, 2.05) is 25.1 Å². The molecule has 1 unspecified atom stereocenters. The van der Waals surface area contributed by atoms with Gasteiger partial charge in [-0.25, -0.2) is 0 Å². The van der Waals surface area contributed by atoms with Gasteiger partial charge in [0, 0.05) is 13.1 Å². The minimum atomic E-state index is -0.245. The van der Waals surface area contributed by atoms with Crippen LogP contribution in [0.15, 0.2) is 18.2 Å². The van der Waals surface area contributed by atoms with Crippen LogP contribution >= 0.6 is 0 Å². The van der Waals surface area contributed by atoms with Gasteiger partial charge in [-0.3, -0.25) is 4.79 Å².